The quantitative estimate of drug-likeness (QED) is 0.757. The van der Waals surface area contributed by atoms with Gasteiger partial charge in [-0.2, -0.15) is 0 Å². The topological polar surface area (TPSA) is 98.3 Å². The Kier molecular flexibility index (Phi) is 7.07. The lowest BCUT2D eigenvalue weighted by molar-refractivity contribution is 0.0423. The lowest BCUT2D eigenvalue weighted by atomic mass is 9.89. The molecule has 2 amide bonds. The van der Waals surface area contributed by atoms with E-state index in [1.54, 1.807) is 41.5 Å². The van der Waals surface area contributed by atoms with Crippen LogP contribution in [0.3, 0.4) is 0 Å². The third-order valence-electron chi connectivity index (χ3n) is 3.31. The summed E-state index contributed by atoms with van der Waals surface area (Å²) in [5.41, 5.74) is -0.364. The van der Waals surface area contributed by atoms with Gasteiger partial charge < -0.3 is 24.9 Å². The van der Waals surface area contributed by atoms with Crippen LogP contribution in [0.2, 0.25) is 0 Å². The van der Waals surface area contributed by atoms with Crippen LogP contribution in [0.1, 0.15) is 60.8 Å². The highest BCUT2D eigenvalue weighted by atomic mass is 16.6. The van der Waals surface area contributed by atoms with E-state index in [0.717, 1.165) is 5.71 Å². The second kappa shape index (κ2) is 8.40. The Morgan fingerprint density at radius 1 is 0.960 bits per heavy atom. The van der Waals surface area contributed by atoms with Crippen molar-refractivity contribution in [1.82, 2.24) is 10.6 Å². The van der Waals surface area contributed by atoms with E-state index >= 15 is 0 Å². The monoisotopic (exact) mass is 357 g/mol. The van der Waals surface area contributed by atoms with Crippen LogP contribution in [0.15, 0.2) is 5.16 Å². The van der Waals surface area contributed by atoms with Crippen molar-refractivity contribution in [3.05, 3.63) is 0 Å². The van der Waals surface area contributed by atoms with E-state index in [0.29, 0.717) is 19.3 Å². The number of nitrogens with zero attached hydrogens (tertiary/aromatic N) is 1. The molecule has 0 aromatic heterocycles. The van der Waals surface area contributed by atoms with E-state index in [-0.39, 0.29) is 12.1 Å². The van der Waals surface area contributed by atoms with Crippen LogP contribution in [0, 0.1) is 0 Å². The third-order valence-corrected chi connectivity index (χ3v) is 3.31. The molecule has 2 atom stereocenters. The number of amides is 2. The van der Waals surface area contributed by atoms with Gasteiger partial charge in [-0.25, -0.2) is 9.59 Å². The molecule has 1 fully saturated rings. The maximum absolute atomic E-state index is 12.1. The number of rotatable bonds is 3. The largest absolute Gasteiger partial charge is 0.444 e. The first-order valence-electron chi connectivity index (χ1n) is 8.47. The van der Waals surface area contributed by atoms with Crippen molar-refractivity contribution in [2.45, 2.75) is 84.1 Å². The van der Waals surface area contributed by atoms with Crippen LogP contribution in [-0.4, -0.2) is 48.3 Å². The highest BCUT2D eigenvalue weighted by molar-refractivity contribution is 5.86. The summed E-state index contributed by atoms with van der Waals surface area (Å²) in [6.07, 6.45) is 0.698. The molecule has 1 rings (SSSR count). The van der Waals surface area contributed by atoms with Crippen molar-refractivity contribution in [3.8, 4) is 0 Å². The van der Waals surface area contributed by atoms with Crippen LogP contribution in [0.5, 0.6) is 0 Å². The predicted octanol–water partition coefficient (Wildman–Crippen LogP) is 2.96. The molecule has 0 aromatic rings. The fraction of sp³-hybridized carbons (Fsp3) is 0.824. The summed E-state index contributed by atoms with van der Waals surface area (Å²) in [6.45, 7) is 10.8. The Hall–Kier alpha value is -1.99. The van der Waals surface area contributed by atoms with Gasteiger partial charge in [0.05, 0.1) is 17.8 Å². The average molecular weight is 357 g/mol. The van der Waals surface area contributed by atoms with E-state index in [2.05, 4.69) is 15.8 Å². The van der Waals surface area contributed by atoms with E-state index in [1.165, 1.54) is 7.11 Å². The average Bonchev–Trinajstić information content (AvgIpc) is 2.37. The molecule has 1 aliphatic carbocycles. The van der Waals surface area contributed by atoms with Crippen molar-refractivity contribution in [2.24, 2.45) is 5.16 Å². The second-order valence-corrected chi connectivity index (χ2v) is 8.09. The Morgan fingerprint density at radius 2 is 1.44 bits per heavy atom. The van der Waals surface area contributed by atoms with Crippen LogP contribution in [0.4, 0.5) is 9.59 Å². The van der Waals surface area contributed by atoms with E-state index in [9.17, 15) is 9.59 Å². The van der Waals surface area contributed by atoms with Crippen molar-refractivity contribution >= 4 is 17.9 Å². The lowest BCUT2D eigenvalue weighted by Gasteiger charge is -2.34. The molecule has 1 saturated carbocycles. The molecule has 0 spiro atoms. The highest BCUT2D eigenvalue weighted by Gasteiger charge is 2.33. The summed E-state index contributed by atoms with van der Waals surface area (Å²) in [4.78, 5) is 29.0. The number of carbonyl (C=O) groups excluding carboxylic acids is 2. The van der Waals surface area contributed by atoms with Gasteiger partial charge in [-0.05, 0) is 54.4 Å². The Morgan fingerprint density at radius 3 is 1.88 bits per heavy atom. The number of carbonyl (C=O) groups is 2. The lowest BCUT2D eigenvalue weighted by Crippen LogP contribution is -2.56. The molecule has 8 heteroatoms. The van der Waals surface area contributed by atoms with Gasteiger partial charge in [0.25, 0.3) is 0 Å². The maximum atomic E-state index is 12.1. The molecule has 144 valence electrons. The molecular formula is C17H31N3O5. The Bertz CT molecular complexity index is 505. The molecule has 25 heavy (non-hydrogen) atoms. The summed E-state index contributed by atoms with van der Waals surface area (Å²) in [5, 5.41) is 9.61. The first-order valence-corrected chi connectivity index (χ1v) is 8.47. The number of ether oxygens (including phenoxy) is 2. The second-order valence-electron chi connectivity index (χ2n) is 8.09. The van der Waals surface area contributed by atoms with Crippen LogP contribution in [0.25, 0.3) is 0 Å². The zero-order valence-corrected chi connectivity index (χ0v) is 16.3. The van der Waals surface area contributed by atoms with Crippen LogP contribution >= 0.6 is 0 Å². The van der Waals surface area contributed by atoms with Gasteiger partial charge in [-0.3, -0.25) is 0 Å². The molecule has 0 heterocycles. The van der Waals surface area contributed by atoms with E-state index in [4.69, 9.17) is 14.3 Å². The summed E-state index contributed by atoms with van der Waals surface area (Å²) < 4.78 is 10.6. The van der Waals surface area contributed by atoms with Crippen LogP contribution < -0.4 is 10.6 Å². The fourth-order valence-electron chi connectivity index (χ4n) is 2.48. The highest BCUT2D eigenvalue weighted by Crippen LogP contribution is 2.19. The molecule has 0 aliphatic heterocycles. The molecule has 2 unspecified atom stereocenters. The summed E-state index contributed by atoms with van der Waals surface area (Å²) in [6, 6.07) is -0.636. The first-order chi connectivity index (χ1) is 11.4. The van der Waals surface area contributed by atoms with Gasteiger partial charge in [0.1, 0.15) is 18.3 Å². The third kappa shape index (κ3) is 8.60. The SMILES string of the molecule is CO/N=C1/CCC(NC(=O)OC(C)(C)C)C(NC(=O)OC(C)(C)C)C1. The number of nitrogens with one attached hydrogen (secondary N) is 2. The molecule has 1 aliphatic rings. The normalized spacial score (nSPS) is 22.9. The molecule has 0 bridgehead atoms. The molecule has 0 saturated heterocycles. The van der Waals surface area contributed by atoms with Crippen LogP contribution in [-0.2, 0) is 14.3 Å². The number of hydrogen-bond acceptors (Lipinski definition) is 6. The van der Waals surface area contributed by atoms with Gasteiger partial charge in [0, 0.05) is 6.42 Å². The zero-order chi connectivity index (χ0) is 19.3. The van der Waals surface area contributed by atoms with Crippen molar-refractivity contribution in [3.63, 3.8) is 0 Å². The minimum Gasteiger partial charge on any atom is -0.444 e. The Balaban J connectivity index is 2.77. The van der Waals surface area contributed by atoms with Crippen molar-refractivity contribution in [2.75, 3.05) is 7.11 Å². The molecular weight excluding hydrogens is 326 g/mol. The van der Waals surface area contributed by atoms with Gasteiger partial charge >= 0.3 is 12.2 Å². The van der Waals surface area contributed by atoms with Gasteiger partial charge in [0.2, 0.25) is 0 Å². The van der Waals surface area contributed by atoms with E-state index < -0.39 is 23.4 Å². The number of hydrogen-bond donors (Lipinski definition) is 2. The minimum atomic E-state index is -0.601. The summed E-state index contributed by atoms with van der Waals surface area (Å²) in [7, 11) is 1.48. The molecule has 0 radical (unpaired) electrons. The fourth-order valence-corrected chi connectivity index (χ4v) is 2.48. The summed E-state index contributed by atoms with van der Waals surface area (Å²) >= 11 is 0. The summed E-state index contributed by atoms with van der Waals surface area (Å²) in [5.74, 6) is 0. The van der Waals surface area contributed by atoms with Gasteiger partial charge in [-0.15, -0.1) is 0 Å². The molecule has 0 aromatic carbocycles. The zero-order valence-electron chi connectivity index (χ0n) is 16.3. The van der Waals surface area contributed by atoms with Crippen molar-refractivity contribution in [1.29, 1.82) is 0 Å². The number of oxime groups is 1. The maximum Gasteiger partial charge on any atom is 0.407 e. The van der Waals surface area contributed by atoms with Gasteiger partial charge in [0.15, 0.2) is 0 Å². The van der Waals surface area contributed by atoms with Crippen molar-refractivity contribution < 1.29 is 23.9 Å². The Labute approximate surface area is 149 Å². The first kappa shape index (κ1) is 21.1. The van der Waals surface area contributed by atoms with E-state index in [1.807, 2.05) is 0 Å². The van der Waals surface area contributed by atoms with Gasteiger partial charge in [-0.1, -0.05) is 5.16 Å². The molecule has 8 nitrogen and oxygen atoms in total. The predicted molar refractivity (Wildman–Crippen MR) is 94.6 cm³/mol. The molecule has 2 N–H and O–H groups in total. The standard InChI is InChI=1S/C17H31N3O5/c1-16(2,3)24-14(21)18-12-9-8-11(20-23-7)10-13(12)19-15(22)25-17(4,5)6/h12-13H,8-10H2,1-7H3,(H,18,21)(H,19,22)/b20-11-. The smallest absolute Gasteiger partial charge is 0.407 e. The number of alkyl carbamates (subject to hydrolysis) is 2. The minimum absolute atomic E-state index is 0.279.